The maximum absolute atomic E-state index is 11.9. The van der Waals surface area contributed by atoms with Crippen molar-refractivity contribution in [2.75, 3.05) is 10.6 Å². The van der Waals surface area contributed by atoms with Crippen LogP contribution in [-0.2, 0) is 11.2 Å². The molecule has 1 unspecified atom stereocenters. The van der Waals surface area contributed by atoms with Gasteiger partial charge in [-0.3, -0.25) is 10.1 Å². The number of benzene rings is 1. The van der Waals surface area contributed by atoms with Gasteiger partial charge in [0.25, 0.3) is 0 Å². The van der Waals surface area contributed by atoms with Crippen LogP contribution in [0.3, 0.4) is 0 Å². The Morgan fingerprint density at radius 1 is 1.21 bits per heavy atom. The third-order valence-corrected chi connectivity index (χ3v) is 4.25. The van der Waals surface area contributed by atoms with Gasteiger partial charge < -0.3 is 10.6 Å². The summed E-state index contributed by atoms with van der Waals surface area (Å²) in [4.78, 5) is 28.0. The van der Waals surface area contributed by atoms with E-state index in [-0.39, 0.29) is 24.4 Å². The lowest BCUT2D eigenvalue weighted by Crippen LogP contribution is -2.33. The number of nitrogens with one attached hydrogen (secondary N) is 3. The van der Waals surface area contributed by atoms with Crippen LogP contribution in [0.4, 0.5) is 15.6 Å². The highest BCUT2D eigenvalue weighted by atomic mass is 32.1. The van der Waals surface area contributed by atoms with Gasteiger partial charge in [0.05, 0.1) is 12.1 Å². The van der Waals surface area contributed by atoms with Crippen LogP contribution < -0.4 is 16.0 Å². The maximum Gasteiger partial charge on any atom is 0.325 e. The average molecular weight is 346 g/mol. The van der Waals surface area contributed by atoms with E-state index in [4.69, 9.17) is 0 Å². The Morgan fingerprint density at radius 2 is 1.92 bits per heavy atom. The Labute approximate surface area is 145 Å². The molecule has 24 heavy (non-hydrogen) atoms. The predicted molar refractivity (Wildman–Crippen MR) is 97.5 cm³/mol. The lowest BCUT2D eigenvalue weighted by Gasteiger charge is -2.10. The van der Waals surface area contributed by atoms with Crippen molar-refractivity contribution in [1.82, 2.24) is 10.3 Å². The molecule has 0 radical (unpaired) electrons. The van der Waals surface area contributed by atoms with E-state index in [0.29, 0.717) is 16.5 Å². The van der Waals surface area contributed by atoms with Crippen molar-refractivity contribution in [3.8, 4) is 0 Å². The minimum atomic E-state index is -0.358. The topological polar surface area (TPSA) is 83.1 Å². The number of anilines is 2. The molecule has 1 atom stereocenters. The Morgan fingerprint density at radius 3 is 2.58 bits per heavy atom. The van der Waals surface area contributed by atoms with E-state index in [1.165, 1.54) is 11.3 Å². The summed E-state index contributed by atoms with van der Waals surface area (Å²) in [6.07, 6.45) is 1.09. The molecule has 0 saturated heterocycles. The first-order valence-corrected chi connectivity index (χ1v) is 8.72. The summed E-state index contributed by atoms with van der Waals surface area (Å²) in [5, 5.41) is 10.5. The Kier molecular flexibility index (Phi) is 6.31. The second-order valence-corrected chi connectivity index (χ2v) is 6.50. The summed E-state index contributed by atoms with van der Waals surface area (Å²) in [6.45, 7) is 5.96. The van der Waals surface area contributed by atoms with Crippen molar-refractivity contribution in [3.63, 3.8) is 0 Å². The largest absolute Gasteiger partial charge is 0.353 e. The average Bonchev–Trinajstić information content (AvgIpc) is 2.96. The molecule has 2 rings (SSSR count). The fourth-order valence-electron chi connectivity index (χ4n) is 1.93. The molecular formula is C17H22N4O2S. The molecule has 3 amide bonds. The molecule has 1 aromatic heterocycles. The molecular weight excluding hydrogens is 324 g/mol. The molecule has 0 saturated carbocycles. The first-order chi connectivity index (χ1) is 11.5. The van der Waals surface area contributed by atoms with Gasteiger partial charge in [0.1, 0.15) is 0 Å². The third-order valence-electron chi connectivity index (χ3n) is 3.44. The van der Waals surface area contributed by atoms with Gasteiger partial charge in [0.2, 0.25) is 5.91 Å². The number of rotatable bonds is 6. The van der Waals surface area contributed by atoms with Crippen LogP contribution in [0.1, 0.15) is 31.5 Å². The Balaban J connectivity index is 1.85. The van der Waals surface area contributed by atoms with Crippen molar-refractivity contribution in [2.45, 2.75) is 39.7 Å². The Bertz CT molecular complexity index is 697. The number of hydrogen-bond acceptors (Lipinski definition) is 4. The van der Waals surface area contributed by atoms with Crippen LogP contribution in [0.25, 0.3) is 0 Å². The SMILES string of the molecule is CCC(C)NC(=O)Cc1csc(NC(=O)Nc2ccc(C)cc2)n1. The van der Waals surface area contributed by atoms with Gasteiger partial charge in [0, 0.05) is 17.1 Å². The number of hydrogen-bond donors (Lipinski definition) is 3. The molecule has 0 fully saturated rings. The molecule has 2 aromatic rings. The molecule has 0 bridgehead atoms. The van der Waals surface area contributed by atoms with E-state index in [1.807, 2.05) is 45.0 Å². The normalized spacial score (nSPS) is 11.6. The van der Waals surface area contributed by atoms with Crippen molar-refractivity contribution in [3.05, 3.63) is 40.9 Å². The van der Waals surface area contributed by atoms with Crippen molar-refractivity contribution >= 4 is 34.1 Å². The highest BCUT2D eigenvalue weighted by Gasteiger charge is 2.11. The van der Waals surface area contributed by atoms with Gasteiger partial charge in [-0.1, -0.05) is 24.6 Å². The highest BCUT2D eigenvalue weighted by molar-refractivity contribution is 7.13. The lowest BCUT2D eigenvalue weighted by molar-refractivity contribution is -0.121. The Hall–Kier alpha value is -2.41. The van der Waals surface area contributed by atoms with Gasteiger partial charge >= 0.3 is 6.03 Å². The van der Waals surface area contributed by atoms with E-state index >= 15 is 0 Å². The molecule has 3 N–H and O–H groups in total. The summed E-state index contributed by atoms with van der Waals surface area (Å²) < 4.78 is 0. The van der Waals surface area contributed by atoms with Crippen molar-refractivity contribution < 1.29 is 9.59 Å². The number of amides is 3. The molecule has 1 aromatic carbocycles. The smallest absolute Gasteiger partial charge is 0.325 e. The number of aromatic nitrogens is 1. The van der Waals surface area contributed by atoms with Gasteiger partial charge in [-0.15, -0.1) is 11.3 Å². The number of aryl methyl sites for hydroxylation is 1. The molecule has 0 aliphatic carbocycles. The minimum absolute atomic E-state index is 0.0645. The number of thiazole rings is 1. The predicted octanol–water partition coefficient (Wildman–Crippen LogP) is 3.55. The van der Waals surface area contributed by atoms with Crippen LogP contribution in [0.15, 0.2) is 29.6 Å². The number of carbonyl (C=O) groups excluding carboxylic acids is 2. The number of urea groups is 1. The van der Waals surface area contributed by atoms with E-state index in [2.05, 4.69) is 20.9 Å². The number of carbonyl (C=O) groups is 2. The van der Waals surface area contributed by atoms with Crippen molar-refractivity contribution in [1.29, 1.82) is 0 Å². The lowest BCUT2D eigenvalue weighted by atomic mass is 10.2. The van der Waals surface area contributed by atoms with E-state index in [9.17, 15) is 9.59 Å². The molecule has 7 heteroatoms. The standard InChI is InChI=1S/C17H22N4O2S/c1-4-12(3)18-15(22)9-14-10-24-17(20-14)21-16(23)19-13-7-5-11(2)6-8-13/h5-8,10,12H,4,9H2,1-3H3,(H,18,22)(H2,19,20,21,23). The summed E-state index contributed by atoms with van der Waals surface area (Å²) in [5.41, 5.74) is 2.48. The molecule has 128 valence electrons. The van der Waals surface area contributed by atoms with Crippen LogP contribution in [0.5, 0.6) is 0 Å². The molecule has 6 nitrogen and oxygen atoms in total. The summed E-state index contributed by atoms with van der Waals surface area (Å²) in [5.74, 6) is -0.0645. The van der Waals surface area contributed by atoms with E-state index in [1.54, 1.807) is 5.38 Å². The van der Waals surface area contributed by atoms with Gasteiger partial charge in [-0.2, -0.15) is 0 Å². The third kappa shape index (κ3) is 5.66. The molecule has 0 aliphatic rings. The molecule has 0 aliphatic heterocycles. The van der Waals surface area contributed by atoms with Crippen LogP contribution in [-0.4, -0.2) is 23.0 Å². The fourth-order valence-corrected chi connectivity index (χ4v) is 2.64. The zero-order chi connectivity index (χ0) is 17.5. The minimum Gasteiger partial charge on any atom is -0.353 e. The van der Waals surface area contributed by atoms with E-state index < -0.39 is 0 Å². The summed E-state index contributed by atoms with van der Waals surface area (Å²) in [6, 6.07) is 7.31. The number of nitrogens with zero attached hydrogens (tertiary/aromatic N) is 1. The first-order valence-electron chi connectivity index (χ1n) is 7.84. The maximum atomic E-state index is 11.9. The first kappa shape index (κ1) is 17.9. The van der Waals surface area contributed by atoms with Crippen LogP contribution >= 0.6 is 11.3 Å². The highest BCUT2D eigenvalue weighted by Crippen LogP contribution is 2.16. The fraction of sp³-hybridized carbons (Fsp3) is 0.353. The summed E-state index contributed by atoms with van der Waals surface area (Å²) >= 11 is 1.29. The van der Waals surface area contributed by atoms with Crippen molar-refractivity contribution in [2.24, 2.45) is 0 Å². The summed E-state index contributed by atoms with van der Waals surface area (Å²) in [7, 11) is 0. The van der Waals surface area contributed by atoms with E-state index in [0.717, 1.165) is 12.0 Å². The van der Waals surface area contributed by atoms with Gasteiger partial charge in [-0.25, -0.2) is 9.78 Å². The molecule has 0 spiro atoms. The molecule has 1 heterocycles. The zero-order valence-corrected chi connectivity index (χ0v) is 14.9. The quantitative estimate of drug-likeness (QED) is 0.748. The van der Waals surface area contributed by atoms with Crippen LogP contribution in [0.2, 0.25) is 0 Å². The van der Waals surface area contributed by atoms with Crippen LogP contribution in [0, 0.1) is 6.92 Å². The second kappa shape index (κ2) is 8.44. The monoisotopic (exact) mass is 346 g/mol. The van der Waals surface area contributed by atoms with Gasteiger partial charge in [0.15, 0.2) is 5.13 Å². The van der Waals surface area contributed by atoms with Gasteiger partial charge in [-0.05, 0) is 32.4 Å². The second-order valence-electron chi connectivity index (χ2n) is 5.64. The zero-order valence-electron chi connectivity index (χ0n) is 14.1.